The standard InChI is InChI=1S/C19H13N3O6/c23-19(20-13-7-3-1-4-8-13)18-16(22(26)27)11-14(21(24)25)12-17(18)28-15-9-5-2-6-10-15/h1-12H,(H,20,23). The van der Waals surface area contributed by atoms with Gasteiger partial charge in [-0.2, -0.15) is 0 Å². The van der Waals surface area contributed by atoms with Gasteiger partial charge in [0.1, 0.15) is 5.75 Å². The number of anilines is 1. The zero-order valence-electron chi connectivity index (χ0n) is 14.3. The summed E-state index contributed by atoms with van der Waals surface area (Å²) in [7, 11) is 0. The predicted octanol–water partition coefficient (Wildman–Crippen LogP) is 4.55. The van der Waals surface area contributed by atoms with Crippen LogP contribution in [0.3, 0.4) is 0 Å². The summed E-state index contributed by atoms with van der Waals surface area (Å²) in [5.74, 6) is -0.842. The van der Waals surface area contributed by atoms with Gasteiger partial charge in [0.25, 0.3) is 17.3 Å². The van der Waals surface area contributed by atoms with Crippen molar-refractivity contribution in [3.8, 4) is 11.5 Å². The van der Waals surface area contributed by atoms with E-state index in [2.05, 4.69) is 5.32 Å². The lowest BCUT2D eigenvalue weighted by molar-refractivity contribution is -0.394. The molecule has 0 unspecified atom stereocenters. The van der Waals surface area contributed by atoms with E-state index in [1.165, 1.54) is 0 Å². The maximum atomic E-state index is 12.8. The van der Waals surface area contributed by atoms with Crippen molar-refractivity contribution >= 4 is 23.0 Å². The molecule has 1 amide bonds. The number of nitro groups is 2. The fourth-order valence-corrected chi connectivity index (χ4v) is 2.48. The molecule has 1 N–H and O–H groups in total. The zero-order chi connectivity index (χ0) is 20.1. The van der Waals surface area contributed by atoms with Gasteiger partial charge in [-0.1, -0.05) is 36.4 Å². The molecule has 0 heterocycles. The van der Waals surface area contributed by atoms with Crippen LogP contribution in [0.15, 0.2) is 72.8 Å². The van der Waals surface area contributed by atoms with Crippen molar-refractivity contribution < 1.29 is 19.4 Å². The van der Waals surface area contributed by atoms with Crippen LogP contribution in [-0.2, 0) is 0 Å². The van der Waals surface area contributed by atoms with E-state index < -0.39 is 32.7 Å². The predicted molar refractivity (Wildman–Crippen MR) is 101 cm³/mol. The minimum absolute atomic E-state index is 0.269. The molecule has 0 bridgehead atoms. The Morgan fingerprint density at radius 2 is 1.46 bits per heavy atom. The quantitative estimate of drug-likeness (QED) is 0.495. The Bertz CT molecular complexity index is 1040. The van der Waals surface area contributed by atoms with E-state index in [9.17, 15) is 25.0 Å². The first-order valence-corrected chi connectivity index (χ1v) is 8.02. The van der Waals surface area contributed by atoms with Crippen LogP contribution < -0.4 is 10.1 Å². The van der Waals surface area contributed by atoms with Gasteiger partial charge < -0.3 is 10.1 Å². The topological polar surface area (TPSA) is 125 Å². The fourth-order valence-electron chi connectivity index (χ4n) is 2.48. The number of nitrogens with zero attached hydrogens (tertiary/aromatic N) is 2. The number of amides is 1. The van der Waals surface area contributed by atoms with Crippen molar-refractivity contribution in [3.63, 3.8) is 0 Å². The molecule has 3 aromatic rings. The Balaban J connectivity index is 2.12. The summed E-state index contributed by atoms with van der Waals surface area (Å²) in [5.41, 5.74) is -1.29. The second-order valence-corrected chi connectivity index (χ2v) is 5.59. The molecule has 0 aliphatic rings. The van der Waals surface area contributed by atoms with E-state index in [1.54, 1.807) is 60.7 Å². The van der Waals surface area contributed by atoms with Gasteiger partial charge in [-0.15, -0.1) is 0 Å². The number of nitro benzene ring substituents is 2. The molecule has 0 atom stereocenters. The van der Waals surface area contributed by atoms with Crippen LogP contribution in [0.1, 0.15) is 10.4 Å². The van der Waals surface area contributed by atoms with Crippen molar-refractivity contribution in [2.24, 2.45) is 0 Å². The number of nitrogens with one attached hydrogen (secondary N) is 1. The Labute approximate surface area is 158 Å². The molecule has 3 rings (SSSR count). The first-order chi connectivity index (χ1) is 13.5. The molecule has 0 saturated heterocycles. The van der Waals surface area contributed by atoms with Crippen LogP contribution in [0.25, 0.3) is 0 Å². The highest BCUT2D eigenvalue weighted by molar-refractivity contribution is 6.09. The molecule has 0 fully saturated rings. The van der Waals surface area contributed by atoms with E-state index in [1.807, 2.05) is 0 Å². The van der Waals surface area contributed by atoms with Gasteiger partial charge in [-0.05, 0) is 24.3 Å². The largest absolute Gasteiger partial charge is 0.456 e. The van der Waals surface area contributed by atoms with Crippen LogP contribution in [0.4, 0.5) is 17.1 Å². The Hall–Kier alpha value is -4.27. The first-order valence-electron chi connectivity index (χ1n) is 8.02. The lowest BCUT2D eigenvalue weighted by Gasteiger charge is -2.12. The molecule has 140 valence electrons. The third kappa shape index (κ3) is 4.10. The summed E-state index contributed by atoms with van der Waals surface area (Å²) in [6.07, 6.45) is 0. The number of benzene rings is 3. The summed E-state index contributed by atoms with van der Waals surface area (Å²) in [5, 5.41) is 25.2. The monoisotopic (exact) mass is 379 g/mol. The molecule has 0 spiro atoms. The van der Waals surface area contributed by atoms with Crippen molar-refractivity contribution in [1.29, 1.82) is 0 Å². The highest BCUT2D eigenvalue weighted by Crippen LogP contribution is 2.37. The number of carbonyl (C=O) groups is 1. The minimum atomic E-state index is -0.856. The Morgan fingerprint density at radius 3 is 2.04 bits per heavy atom. The summed E-state index contributed by atoms with van der Waals surface area (Å²) < 4.78 is 5.58. The Kier molecular flexibility index (Phi) is 5.26. The first kappa shape index (κ1) is 18.5. The number of para-hydroxylation sites is 2. The third-order valence-electron chi connectivity index (χ3n) is 3.70. The fraction of sp³-hybridized carbons (Fsp3) is 0. The van der Waals surface area contributed by atoms with Gasteiger partial charge in [0.05, 0.1) is 22.0 Å². The lowest BCUT2D eigenvalue weighted by Crippen LogP contribution is -2.15. The number of hydrogen-bond donors (Lipinski definition) is 1. The minimum Gasteiger partial charge on any atom is -0.456 e. The molecule has 0 aliphatic carbocycles. The number of hydrogen-bond acceptors (Lipinski definition) is 6. The molecule has 28 heavy (non-hydrogen) atoms. The van der Waals surface area contributed by atoms with Gasteiger partial charge in [0.2, 0.25) is 0 Å². The van der Waals surface area contributed by atoms with E-state index in [0.29, 0.717) is 5.69 Å². The zero-order valence-corrected chi connectivity index (χ0v) is 14.3. The molecule has 0 aliphatic heterocycles. The number of rotatable bonds is 6. The molecule has 0 saturated carbocycles. The van der Waals surface area contributed by atoms with Crippen molar-refractivity contribution in [1.82, 2.24) is 0 Å². The van der Waals surface area contributed by atoms with Crippen molar-refractivity contribution in [2.45, 2.75) is 0 Å². The maximum Gasteiger partial charge on any atom is 0.292 e. The van der Waals surface area contributed by atoms with Gasteiger partial charge in [0, 0.05) is 5.69 Å². The van der Waals surface area contributed by atoms with Crippen LogP contribution in [-0.4, -0.2) is 15.8 Å². The summed E-state index contributed by atoms with van der Waals surface area (Å²) in [6.45, 7) is 0. The van der Waals surface area contributed by atoms with Gasteiger partial charge in [0.15, 0.2) is 11.3 Å². The normalized spacial score (nSPS) is 10.1. The average Bonchev–Trinajstić information content (AvgIpc) is 2.68. The molecule has 9 nitrogen and oxygen atoms in total. The van der Waals surface area contributed by atoms with Crippen LogP contribution in [0.5, 0.6) is 11.5 Å². The lowest BCUT2D eigenvalue weighted by atomic mass is 10.1. The molecule has 9 heteroatoms. The highest BCUT2D eigenvalue weighted by atomic mass is 16.6. The molecule has 0 aromatic heterocycles. The number of ether oxygens (including phenoxy) is 1. The van der Waals surface area contributed by atoms with E-state index in [-0.39, 0.29) is 11.5 Å². The maximum absolute atomic E-state index is 12.8. The van der Waals surface area contributed by atoms with E-state index >= 15 is 0 Å². The molecule has 3 aromatic carbocycles. The number of carbonyl (C=O) groups excluding carboxylic acids is 1. The molecular formula is C19H13N3O6. The van der Waals surface area contributed by atoms with Gasteiger partial charge in [-0.3, -0.25) is 25.0 Å². The summed E-state index contributed by atoms with van der Waals surface area (Å²) in [4.78, 5) is 33.8. The van der Waals surface area contributed by atoms with E-state index in [0.717, 1.165) is 12.1 Å². The molecular weight excluding hydrogens is 366 g/mol. The van der Waals surface area contributed by atoms with Gasteiger partial charge >= 0.3 is 0 Å². The van der Waals surface area contributed by atoms with Crippen LogP contribution in [0, 0.1) is 20.2 Å². The SMILES string of the molecule is O=C(Nc1ccccc1)c1c(Oc2ccccc2)cc([N+](=O)[O-])cc1[N+](=O)[O-]. The summed E-state index contributed by atoms with van der Waals surface area (Å²) in [6, 6.07) is 18.2. The van der Waals surface area contributed by atoms with Gasteiger partial charge in [-0.25, -0.2) is 0 Å². The van der Waals surface area contributed by atoms with Crippen LogP contribution in [0.2, 0.25) is 0 Å². The van der Waals surface area contributed by atoms with Crippen molar-refractivity contribution in [3.05, 3.63) is 98.6 Å². The second-order valence-electron chi connectivity index (χ2n) is 5.59. The third-order valence-corrected chi connectivity index (χ3v) is 3.70. The smallest absolute Gasteiger partial charge is 0.292 e. The highest BCUT2D eigenvalue weighted by Gasteiger charge is 2.30. The summed E-state index contributed by atoms with van der Waals surface area (Å²) >= 11 is 0. The average molecular weight is 379 g/mol. The van der Waals surface area contributed by atoms with Crippen LogP contribution >= 0.6 is 0 Å². The number of non-ortho nitro benzene ring substituents is 1. The Morgan fingerprint density at radius 1 is 0.857 bits per heavy atom. The molecule has 0 radical (unpaired) electrons. The van der Waals surface area contributed by atoms with Crippen molar-refractivity contribution in [2.75, 3.05) is 5.32 Å². The van der Waals surface area contributed by atoms with E-state index in [4.69, 9.17) is 4.74 Å². The second kappa shape index (κ2) is 7.96.